The van der Waals surface area contributed by atoms with Crippen molar-refractivity contribution in [3.63, 3.8) is 0 Å². The normalized spacial score (nSPS) is 17.4. The van der Waals surface area contributed by atoms with E-state index in [9.17, 15) is 9.59 Å². The molecule has 10 nitrogen and oxygen atoms in total. The van der Waals surface area contributed by atoms with Crippen molar-refractivity contribution in [3.05, 3.63) is 89.4 Å². The van der Waals surface area contributed by atoms with E-state index in [1.807, 2.05) is 79.8 Å². The van der Waals surface area contributed by atoms with Gasteiger partial charge in [0.2, 0.25) is 11.8 Å². The molecule has 0 spiro atoms. The molecule has 1 saturated heterocycles. The van der Waals surface area contributed by atoms with E-state index in [-0.39, 0.29) is 17.1 Å². The van der Waals surface area contributed by atoms with Crippen LogP contribution in [0.5, 0.6) is 0 Å². The van der Waals surface area contributed by atoms with Crippen LogP contribution in [0, 0.1) is 6.92 Å². The number of anilines is 1. The van der Waals surface area contributed by atoms with Gasteiger partial charge in [0.15, 0.2) is 0 Å². The van der Waals surface area contributed by atoms with Crippen LogP contribution in [0.25, 0.3) is 11.4 Å². The number of rotatable bonds is 1. The van der Waals surface area contributed by atoms with Gasteiger partial charge >= 0.3 is 0 Å². The van der Waals surface area contributed by atoms with Crippen LogP contribution in [-0.4, -0.2) is 62.3 Å². The van der Waals surface area contributed by atoms with Gasteiger partial charge in [-0.2, -0.15) is 11.8 Å². The molecule has 0 radical (unpaired) electrons. The number of hydrogen-bond donors (Lipinski definition) is 2. The van der Waals surface area contributed by atoms with Gasteiger partial charge in [0.05, 0.1) is 34.6 Å². The number of benzene rings is 2. The minimum atomic E-state index is 0.0376. The topological polar surface area (TPSA) is 98.6 Å². The second kappa shape index (κ2) is 12.4. The molecule has 2 amide bonds. The highest BCUT2D eigenvalue weighted by Crippen LogP contribution is 2.38. The number of fused-ring (bicyclic) bond motifs is 4. The second-order valence-corrected chi connectivity index (χ2v) is 10.8. The van der Waals surface area contributed by atoms with Crippen molar-refractivity contribution in [3.8, 4) is 0 Å². The predicted octanol–water partition coefficient (Wildman–Crippen LogP) is 3.55. The van der Waals surface area contributed by atoms with E-state index in [1.54, 1.807) is 35.3 Å². The summed E-state index contributed by atoms with van der Waals surface area (Å²) in [7, 11) is 5.61. The molecule has 40 heavy (non-hydrogen) atoms. The first kappa shape index (κ1) is 28.9. The second-order valence-electron chi connectivity index (χ2n) is 9.72. The average molecular weight is 561 g/mol. The molecule has 1 atom stereocenters. The van der Waals surface area contributed by atoms with Gasteiger partial charge in [-0.15, -0.1) is 10.6 Å². The number of hydrogen-bond acceptors (Lipinski definition) is 8. The Morgan fingerprint density at radius 1 is 1.07 bits per heavy atom. The van der Waals surface area contributed by atoms with E-state index in [0.29, 0.717) is 6.54 Å². The number of aromatic nitrogens is 3. The van der Waals surface area contributed by atoms with Crippen molar-refractivity contribution in [2.24, 2.45) is 7.05 Å². The summed E-state index contributed by atoms with van der Waals surface area (Å²) in [6.45, 7) is 7.86. The molecule has 6 rings (SSSR count). The van der Waals surface area contributed by atoms with Crippen LogP contribution in [0.15, 0.2) is 67.0 Å². The zero-order valence-corrected chi connectivity index (χ0v) is 24.6. The Morgan fingerprint density at radius 3 is 2.27 bits per heavy atom. The maximum Gasteiger partial charge on any atom is 0.239 e. The fourth-order valence-electron chi connectivity index (χ4n) is 4.74. The van der Waals surface area contributed by atoms with Crippen molar-refractivity contribution >= 4 is 40.7 Å². The highest BCUT2D eigenvalue weighted by Gasteiger charge is 2.31. The number of para-hydroxylation sites is 1. The average Bonchev–Trinajstić information content (AvgIpc) is 3.59. The van der Waals surface area contributed by atoms with Gasteiger partial charge in [-0.1, -0.05) is 54.3 Å². The molecule has 0 saturated carbocycles. The summed E-state index contributed by atoms with van der Waals surface area (Å²) in [5.74, 6) is 0.230. The maximum absolute atomic E-state index is 12.3. The minimum absolute atomic E-state index is 0.0376. The third kappa shape index (κ3) is 6.05. The van der Waals surface area contributed by atoms with E-state index in [0.717, 1.165) is 51.6 Å². The molecular weight excluding hydrogens is 524 g/mol. The Hall–Kier alpha value is -4.09. The monoisotopic (exact) mass is 560 g/mol. The first-order valence-electron chi connectivity index (χ1n) is 12.9. The fraction of sp³-hybridized carbons (Fsp3) is 0.310. The molecule has 0 bridgehead atoms. The van der Waals surface area contributed by atoms with Gasteiger partial charge in [-0.3, -0.25) is 19.3 Å². The molecule has 1 unspecified atom stereocenters. The number of amides is 2. The van der Waals surface area contributed by atoms with E-state index < -0.39 is 0 Å². The van der Waals surface area contributed by atoms with E-state index in [1.165, 1.54) is 0 Å². The Bertz CT molecular complexity index is 1430. The molecule has 11 heteroatoms. The molecule has 3 aromatic rings. The van der Waals surface area contributed by atoms with Crippen molar-refractivity contribution in [1.82, 2.24) is 35.9 Å². The molecular formula is C29H36N8O2S. The van der Waals surface area contributed by atoms with Crippen molar-refractivity contribution in [2.75, 3.05) is 25.3 Å². The highest BCUT2D eigenvalue weighted by atomic mass is 32.2. The lowest BCUT2D eigenvalue weighted by Gasteiger charge is -2.28. The lowest BCUT2D eigenvalue weighted by Crippen LogP contribution is -2.34. The van der Waals surface area contributed by atoms with Crippen LogP contribution in [-0.2, 0) is 23.2 Å². The summed E-state index contributed by atoms with van der Waals surface area (Å²) in [6, 6.07) is 16.2. The summed E-state index contributed by atoms with van der Waals surface area (Å²) in [5.41, 5.74) is 14.6. The number of hydrazine groups is 2. The molecule has 3 aliphatic heterocycles. The van der Waals surface area contributed by atoms with Crippen molar-refractivity contribution in [2.45, 2.75) is 32.1 Å². The standard InChI is InChI=1S/C18H18N4O.C7H11NOS.C4H7N3/c1-12(23)22-11-13-7-3-4-8-14(13)18-17(19-20-21(18)2)15-9-5-6-10-16(15)22;1-5-4-6(10-3)7(9)8(5)2;1-4-3-7(2)6-5-4/h3-10,19-20H,11H2,1-2H3;6H,1,4H2,2-3H3;3H,1-2H3. The summed E-state index contributed by atoms with van der Waals surface area (Å²) >= 11 is 1.60. The third-order valence-corrected chi connectivity index (χ3v) is 7.81. The number of carbonyl (C=O) groups is 2. The molecule has 0 aliphatic carbocycles. The van der Waals surface area contributed by atoms with Gasteiger partial charge in [0.1, 0.15) is 0 Å². The Kier molecular flexibility index (Phi) is 8.96. The summed E-state index contributed by atoms with van der Waals surface area (Å²) in [4.78, 5) is 26.9. The quantitative estimate of drug-likeness (QED) is 0.466. The first-order valence-corrected chi connectivity index (χ1v) is 14.2. The van der Waals surface area contributed by atoms with Crippen LogP contribution < -0.4 is 15.9 Å². The fourth-order valence-corrected chi connectivity index (χ4v) is 5.46. The van der Waals surface area contributed by atoms with E-state index in [4.69, 9.17) is 0 Å². The van der Waals surface area contributed by atoms with Gasteiger partial charge in [0, 0.05) is 57.5 Å². The Labute approximate surface area is 239 Å². The van der Waals surface area contributed by atoms with E-state index in [2.05, 4.69) is 40.0 Å². The number of aryl methyl sites for hydroxylation is 2. The Balaban J connectivity index is 0.000000178. The summed E-state index contributed by atoms with van der Waals surface area (Å²) in [6.07, 6.45) is 4.63. The number of nitrogens with zero attached hydrogens (tertiary/aromatic N) is 6. The third-order valence-electron chi connectivity index (χ3n) is 6.87. The molecule has 3 aliphatic rings. The number of likely N-dealkylation sites (tertiary alicyclic amines) is 1. The lowest BCUT2D eigenvalue weighted by atomic mass is 9.96. The van der Waals surface area contributed by atoms with Gasteiger partial charge in [-0.05, 0) is 24.8 Å². The molecule has 2 N–H and O–H groups in total. The van der Waals surface area contributed by atoms with Crippen LogP contribution in [0.3, 0.4) is 0 Å². The number of thioether (sulfide) groups is 1. The minimum Gasteiger partial charge on any atom is -0.319 e. The number of carbonyl (C=O) groups excluding carboxylic acids is 2. The number of allylic oxidation sites excluding steroid dienone is 1. The van der Waals surface area contributed by atoms with Gasteiger partial charge in [0.25, 0.3) is 0 Å². The highest BCUT2D eigenvalue weighted by molar-refractivity contribution is 7.99. The number of nitrogens with one attached hydrogen (secondary N) is 2. The van der Waals surface area contributed by atoms with Crippen LogP contribution >= 0.6 is 11.8 Å². The largest absolute Gasteiger partial charge is 0.319 e. The zero-order chi connectivity index (χ0) is 29.0. The molecule has 1 aromatic heterocycles. The SMILES string of the molecule is C=C1CC(SC)C(=O)N1C.CC(=O)N1Cc2ccccc2C2=C(NNN2C)c2ccccc21.Cc1cn(C)nn1. The molecule has 4 heterocycles. The first-order chi connectivity index (χ1) is 19.1. The van der Waals surface area contributed by atoms with E-state index >= 15 is 0 Å². The zero-order valence-electron chi connectivity index (χ0n) is 23.8. The van der Waals surface area contributed by atoms with Crippen molar-refractivity contribution < 1.29 is 9.59 Å². The van der Waals surface area contributed by atoms with Crippen LogP contribution in [0.2, 0.25) is 0 Å². The van der Waals surface area contributed by atoms with Crippen molar-refractivity contribution in [1.29, 1.82) is 0 Å². The smallest absolute Gasteiger partial charge is 0.239 e. The van der Waals surface area contributed by atoms with Crippen LogP contribution in [0.1, 0.15) is 35.7 Å². The molecule has 1 fully saturated rings. The predicted molar refractivity (Wildman–Crippen MR) is 160 cm³/mol. The summed E-state index contributed by atoms with van der Waals surface area (Å²) < 4.78 is 1.68. The van der Waals surface area contributed by atoms with Crippen LogP contribution in [0.4, 0.5) is 5.69 Å². The molecule has 2 aromatic carbocycles. The van der Waals surface area contributed by atoms with Gasteiger partial charge < -0.3 is 15.2 Å². The molecule has 210 valence electrons. The lowest BCUT2D eigenvalue weighted by molar-refractivity contribution is -0.125. The summed E-state index contributed by atoms with van der Waals surface area (Å²) in [5, 5.41) is 9.52. The maximum atomic E-state index is 12.3. The van der Waals surface area contributed by atoms with Gasteiger partial charge in [-0.25, -0.2) is 0 Å². The Morgan fingerprint density at radius 2 is 1.75 bits per heavy atom.